The highest BCUT2D eigenvalue weighted by Gasteiger charge is 2.14. The summed E-state index contributed by atoms with van der Waals surface area (Å²) in [5, 5.41) is 4.96. The fourth-order valence-corrected chi connectivity index (χ4v) is 4.33. The Hall–Kier alpha value is -3.71. The third kappa shape index (κ3) is 5.74. The van der Waals surface area contributed by atoms with Gasteiger partial charge >= 0.3 is 0 Å². The first-order valence-corrected chi connectivity index (χ1v) is 12.5. The molecule has 184 valence electrons. The molecule has 0 unspecified atom stereocenters. The molecule has 7 heteroatoms. The zero-order valence-electron chi connectivity index (χ0n) is 20.6. The number of hydrogen-bond acceptors (Lipinski definition) is 5. The van der Waals surface area contributed by atoms with Crippen LogP contribution >= 0.6 is 15.9 Å². The minimum Gasteiger partial charge on any atom is -0.490 e. The van der Waals surface area contributed by atoms with E-state index in [9.17, 15) is 4.79 Å². The molecule has 0 spiro atoms. The number of benzene rings is 3. The van der Waals surface area contributed by atoms with E-state index < -0.39 is 0 Å². The number of rotatable bonds is 9. The fourth-order valence-electron chi connectivity index (χ4n) is 3.97. The van der Waals surface area contributed by atoms with Gasteiger partial charge < -0.3 is 9.47 Å². The van der Waals surface area contributed by atoms with Gasteiger partial charge in [-0.05, 0) is 68.7 Å². The van der Waals surface area contributed by atoms with Crippen LogP contribution < -0.4 is 15.0 Å². The number of ether oxygens (including phenoxy) is 2. The number of allylic oxidation sites excluding steroid dienone is 1. The lowest BCUT2D eigenvalue weighted by Gasteiger charge is -2.17. The highest BCUT2D eigenvalue weighted by molar-refractivity contribution is 9.10. The number of aryl methyl sites for hydroxylation is 2. The van der Waals surface area contributed by atoms with Crippen molar-refractivity contribution in [3.63, 3.8) is 0 Å². The van der Waals surface area contributed by atoms with Gasteiger partial charge in [-0.2, -0.15) is 9.78 Å². The molecule has 36 heavy (non-hydrogen) atoms. The Labute approximate surface area is 219 Å². The number of fused-ring (bicyclic) bond motifs is 1. The van der Waals surface area contributed by atoms with E-state index in [-0.39, 0.29) is 5.56 Å². The van der Waals surface area contributed by atoms with Gasteiger partial charge in [0.05, 0.1) is 23.7 Å². The van der Waals surface area contributed by atoms with Crippen LogP contribution in [0.5, 0.6) is 11.5 Å². The fraction of sp³-hybridized carbons (Fsp3) is 0.207. The highest BCUT2D eigenvalue weighted by atomic mass is 79.9. The van der Waals surface area contributed by atoms with Crippen molar-refractivity contribution in [1.29, 1.82) is 0 Å². The Morgan fingerprint density at radius 1 is 1.11 bits per heavy atom. The SMILES string of the molecule is C=CCc1cc(C=Nn2c(C)nc3ccc(Br)cc3c2=O)cc(OCC)c1OCc1cccc(C)c1. The first kappa shape index (κ1) is 25.4. The summed E-state index contributed by atoms with van der Waals surface area (Å²) in [7, 11) is 0. The third-order valence-corrected chi connectivity index (χ3v) is 6.07. The van der Waals surface area contributed by atoms with E-state index in [1.165, 1.54) is 10.2 Å². The number of aromatic nitrogens is 2. The lowest BCUT2D eigenvalue weighted by Crippen LogP contribution is -2.20. The monoisotopic (exact) mass is 545 g/mol. The van der Waals surface area contributed by atoms with Gasteiger partial charge in [-0.3, -0.25) is 4.79 Å². The zero-order valence-corrected chi connectivity index (χ0v) is 22.2. The summed E-state index contributed by atoms with van der Waals surface area (Å²) in [5.74, 6) is 1.80. The van der Waals surface area contributed by atoms with Gasteiger partial charge in [-0.1, -0.05) is 51.8 Å². The van der Waals surface area contributed by atoms with Gasteiger partial charge in [0.1, 0.15) is 12.4 Å². The van der Waals surface area contributed by atoms with E-state index >= 15 is 0 Å². The number of halogens is 1. The molecule has 0 aliphatic rings. The average Bonchev–Trinajstić information content (AvgIpc) is 2.84. The largest absolute Gasteiger partial charge is 0.490 e. The van der Waals surface area contributed by atoms with Gasteiger partial charge in [0, 0.05) is 10.0 Å². The molecule has 0 N–H and O–H groups in total. The van der Waals surface area contributed by atoms with Crippen LogP contribution in [0.4, 0.5) is 0 Å². The molecule has 0 aliphatic carbocycles. The molecular weight excluding hydrogens is 518 g/mol. The maximum atomic E-state index is 13.1. The van der Waals surface area contributed by atoms with Crippen molar-refractivity contribution in [2.75, 3.05) is 6.61 Å². The molecule has 6 nitrogen and oxygen atoms in total. The van der Waals surface area contributed by atoms with E-state index in [1.807, 2.05) is 49.4 Å². The normalized spacial score (nSPS) is 11.2. The van der Waals surface area contributed by atoms with Crippen LogP contribution in [0.15, 0.2) is 81.6 Å². The predicted molar refractivity (Wildman–Crippen MR) is 148 cm³/mol. The second kappa shape index (κ2) is 11.4. The quantitative estimate of drug-likeness (QED) is 0.181. The molecule has 0 aliphatic heterocycles. The second-order valence-electron chi connectivity index (χ2n) is 8.39. The summed E-state index contributed by atoms with van der Waals surface area (Å²) >= 11 is 3.42. The maximum absolute atomic E-state index is 13.1. The number of nitrogens with zero attached hydrogens (tertiary/aromatic N) is 3. The Morgan fingerprint density at radius 2 is 1.94 bits per heavy atom. The molecule has 0 fully saturated rings. The van der Waals surface area contributed by atoms with Crippen molar-refractivity contribution in [3.8, 4) is 11.5 Å². The van der Waals surface area contributed by atoms with Gasteiger partial charge in [0.15, 0.2) is 11.5 Å². The van der Waals surface area contributed by atoms with Crippen LogP contribution in [0.2, 0.25) is 0 Å². The predicted octanol–water partition coefficient (Wildman–Crippen LogP) is 6.36. The molecular formula is C29H28BrN3O3. The molecule has 3 aromatic carbocycles. The lowest BCUT2D eigenvalue weighted by atomic mass is 10.1. The van der Waals surface area contributed by atoms with Crippen molar-refractivity contribution < 1.29 is 9.47 Å². The average molecular weight is 546 g/mol. The molecule has 0 amide bonds. The van der Waals surface area contributed by atoms with Crippen molar-refractivity contribution in [3.05, 3.63) is 110 Å². The minimum atomic E-state index is -0.232. The molecule has 0 saturated heterocycles. The van der Waals surface area contributed by atoms with Crippen LogP contribution in [0.3, 0.4) is 0 Å². The summed E-state index contributed by atoms with van der Waals surface area (Å²) < 4.78 is 14.3. The molecule has 1 aromatic heterocycles. The zero-order chi connectivity index (χ0) is 25.7. The summed E-state index contributed by atoms with van der Waals surface area (Å²) in [4.78, 5) is 17.6. The van der Waals surface area contributed by atoms with Crippen molar-refractivity contribution in [2.45, 2.75) is 33.8 Å². The first-order chi connectivity index (χ1) is 17.4. The first-order valence-electron chi connectivity index (χ1n) is 11.7. The van der Waals surface area contributed by atoms with Crippen molar-refractivity contribution in [1.82, 2.24) is 9.66 Å². The van der Waals surface area contributed by atoms with Crippen LogP contribution in [0, 0.1) is 13.8 Å². The highest BCUT2D eigenvalue weighted by Crippen LogP contribution is 2.34. The van der Waals surface area contributed by atoms with Crippen LogP contribution in [-0.2, 0) is 13.0 Å². The van der Waals surface area contributed by atoms with Gasteiger partial charge in [0.2, 0.25) is 0 Å². The summed E-state index contributed by atoms with van der Waals surface area (Å²) in [5.41, 5.74) is 4.37. The smallest absolute Gasteiger partial charge is 0.282 e. The lowest BCUT2D eigenvalue weighted by molar-refractivity contribution is 0.267. The van der Waals surface area contributed by atoms with Gasteiger partial charge in [0.25, 0.3) is 5.56 Å². The van der Waals surface area contributed by atoms with E-state index in [4.69, 9.17) is 9.47 Å². The Kier molecular flexibility index (Phi) is 8.00. The van der Waals surface area contributed by atoms with E-state index in [0.29, 0.717) is 47.9 Å². The Balaban J connectivity index is 1.71. The molecule has 0 atom stereocenters. The minimum absolute atomic E-state index is 0.232. The van der Waals surface area contributed by atoms with Crippen molar-refractivity contribution in [2.24, 2.45) is 5.10 Å². The third-order valence-electron chi connectivity index (χ3n) is 5.58. The van der Waals surface area contributed by atoms with Crippen LogP contribution in [-0.4, -0.2) is 22.5 Å². The maximum Gasteiger partial charge on any atom is 0.282 e. The molecule has 4 aromatic rings. The van der Waals surface area contributed by atoms with Crippen LogP contribution in [0.1, 0.15) is 35.0 Å². The Bertz CT molecular complexity index is 1510. The Morgan fingerprint density at radius 3 is 2.69 bits per heavy atom. The van der Waals surface area contributed by atoms with Gasteiger partial charge in [-0.25, -0.2) is 4.98 Å². The molecule has 0 saturated carbocycles. The summed E-state index contributed by atoms with van der Waals surface area (Å²) in [6.07, 6.45) is 4.06. The summed E-state index contributed by atoms with van der Waals surface area (Å²) in [6, 6.07) is 17.5. The van der Waals surface area contributed by atoms with E-state index in [2.05, 4.69) is 51.7 Å². The van der Waals surface area contributed by atoms with E-state index in [1.54, 1.807) is 19.2 Å². The van der Waals surface area contributed by atoms with Gasteiger partial charge in [-0.15, -0.1) is 6.58 Å². The van der Waals surface area contributed by atoms with E-state index in [0.717, 1.165) is 21.2 Å². The molecule has 4 rings (SSSR count). The van der Waals surface area contributed by atoms with Crippen LogP contribution in [0.25, 0.3) is 10.9 Å². The topological polar surface area (TPSA) is 65.7 Å². The summed E-state index contributed by atoms with van der Waals surface area (Å²) in [6.45, 7) is 10.6. The number of hydrogen-bond donors (Lipinski definition) is 0. The van der Waals surface area contributed by atoms with Crippen molar-refractivity contribution >= 4 is 33.0 Å². The molecule has 0 radical (unpaired) electrons. The molecule has 0 bridgehead atoms. The standard InChI is InChI=1S/C29H28BrN3O3/c1-5-8-23-14-22(15-27(35-6-2)28(23)36-18-21-10-7-9-19(3)13-21)17-31-33-20(4)32-26-12-11-24(30)16-25(26)29(33)34/h5,7,9-17H,1,6,8,18H2,2-4H3. The second-order valence-corrected chi connectivity index (χ2v) is 9.31. The molecule has 1 heterocycles.